The van der Waals surface area contributed by atoms with Gasteiger partial charge in [0, 0.05) is 40.8 Å². The third-order valence-corrected chi connectivity index (χ3v) is 7.33. The molecule has 1 fully saturated rings. The summed E-state index contributed by atoms with van der Waals surface area (Å²) in [4.78, 5) is 50.0. The lowest BCUT2D eigenvalue weighted by Crippen LogP contribution is -2.33. The van der Waals surface area contributed by atoms with Crippen LogP contribution < -0.4 is 27.2 Å². The molecule has 0 spiro atoms. The number of nitrogens with two attached hydrogens (primary N) is 1. The Morgan fingerprint density at radius 3 is 2.56 bits per heavy atom. The zero-order valence-corrected chi connectivity index (χ0v) is 24.1. The molecule has 1 aliphatic carbocycles. The van der Waals surface area contributed by atoms with Crippen molar-refractivity contribution in [2.45, 2.75) is 44.3 Å². The molecule has 2 amide bonds. The predicted octanol–water partition coefficient (Wildman–Crippen LogP) is 4.91. The fourth-order valence-electron chi connectivity index (χ4n) is 4.56. The molecule has 5 rings (SSSR count). The van der Waals surface area contributed by atoms with Crippen molar-refractivity contribution in [2.75, 3.05) is 10.6 Å². The van der Waals surface area contributed by atoms with E-state index in [4.69, 9.17) is 28.9 Å². The van der Waals surface area contributed by atoms with Crippen molar-refractivity contribution in [3.63, 3.8) is 0 Å². The molecule has 10 nitrogen and oxygen atoms in total. The molecule has 1 aliphatic rings. The average molecular weight is 617 g/mol. The molecule has 0 unspecified atom stereocenters. The molecular formula is C28H28Cl3N7O3. The molecule has 41 heavy (non-hydrogen) atoms. The molecule has 1 saturated carbocycles. The number of carbonyl (C=O) groups excluding carboxylic acids is 2. The van der Waals surface area contributed by atoms with Crippen LogP contribution in [0.1, 0.15) is 52.0 Å². The molecule has 0 atom stereocenters. The number of aromatic nitrogens is 3. The van der Waals surface area contributed by atoms with E-state index in [9.17, 15) is 14.4 Å². The van der Waals surface area contributed by atoms with Gasteiger partial charge in [-0.15, -0.1) is 12.4 Å². The van der Waals surface area contributed by atoms with Gasteiger partial charge in [-0.05, 0) is 67.6 Å². The Hall–Kier alpha value is -3.70. The smallest absolute Gasteiger partial charge is 0.262 e. The zero-order valence-electron chi connectivity index (χ0n) is 21.7. The fraction of sp³-hybridized carbons (Fsp3) is 0.250. The maximum Gasteiger partial charge on any atom is 0.262 e. The largest absolute Gasteiger partial charge is 0.351 e. The first kappa shape index (κ1) is 30.3. The maximum atomic E-state index is 13.0. The first-order chi connectivity index (χ1) is 19.2. The van der Waals surface area contributed by atoms with Gasteiger partial charge in [0.05, 0.1) is 10.7 Å². The highest BCUT2D eigenvalue weighted by atomic mass is 35.5. The van der Waals surface area contributed by atoms with Gasteiger partial charge < -0.3 is 26.7 Å². The molecule has 214 valence electrons. The Kier molecular flexibility index (Phi) is 9.82. The number of H-pyrrole nitrogens is 1. The van der Waals surface area contributed by atoms with Crippen LogP contribution in [-0.2, 0) is 6.54 Å². The number of benzene rings is 2. The standard InChI is InChI=1S/C28H27Cl2N7O3.ClH/c29-18-3-1-2-15(10-18)13-32-25(38)16-4-9-22(30)23(12-16)35-26(39)21-11-17-14-33-28(37-24(17)36-27(21)40)34-20-7-5-19(31)6-8-20;/h1-4,9-12,14,19-20H,5-8,13,31H2,(H,32,38)(H,35,39)(H2,33,34,36,37,40);1H/t19-,20-;. The minimum absolute atomic E-state index is 0. The lowest BCUT2D eigenvalue weighted by Gasteiger charge is -2.26. The minimum atomic E-state index is -0.692. The summed E-state index contributed by atoms with van der Waals surface area (Å²) < 4.78 is 0. The highest BCUT2D eigenvalue weighted by Crippen LogP contribution is 2.24. The van der Waals surface area contributed by atoms with Crippen LogP contribution in [0.5, 0.6) is 0 Å². The molecule has 2 aromatic heterocycles. The van der Waals surface area contributed by atoms with Crippen LogP contribution in [0.4, 0.5) is 11.6 Å². The van der Waals surface area contributed by atoms with E-state index in [-0.39, 0.29) is 58.8 Å². The Bertz CT molecular complexity index is 1640. The van der Waals surface area contributed by atoms with E-state index >= 15 is 0 Å². The normalized spacial score (nSPS) is 16.5. The van der Waals surface area contributed by atoms with Crippen molar-refractivity contribution in [3.05, 3.63) is 91.8 Å². The third-order valence-electron chi connectivity index (χ3n) is 6.76. The van der Waals surface area contributed by atoms with E-state index in [0.29, 0.717) is 22.0 Å². The number of nitrogens with one attached hydrogen (secondary N) is 4. The van der Waals surface area contributed by atoms with E-state index in [2.05, 4.69) is 30.9 Å². The van der Waals surface area contributed by atoms with E-state index in [1.54, 1.807) is 30.5 Å². The summed E-state index contributed by atoms with van der Waals surface area (Å²) in [7, 11) is 0. The van der Waals surface area contributed by atoms with Crippen molar-refractivity contribution in [3.8, 4) is 0 Å². The first-order valence-electron chi connectivity index (χ1n) is 12.8. The van der Waals surface area contributed by atoms with Crippen molar-refractivity contribution >= 4 is 70.1 Å². The molecule has 4 aromatic rings. The molecule has 2 heterocycles. The number of carbonyl (C=O) groups is 2. The molecule has 6 N–H and O–H groups in total. The Morgan fingerprint density at radius 2 is 1.80 bits per heavy atom. The Labute approximate surface area is 251 Å². The summed E-state index contributed by atoms with van der Waals surface area (Å²) in [5, 5.41) is 9.99. The highest BCUT2D eigenvalue weighted by Gasteiger charge is 2.20. The number of rotatable bonds is 7. The van der Waals surface area contributed by atoms with Gasteiger partial charge in [0.15, 0.2) is 0 Å². The topological polar surface area (TPSA) is 155 Å². The number of fused-ring (bicyclic) bond motifs is 1. The summed E-state index contributed by atoms with van der Waals surface area (Å²) in [5.74, 6) is -0.659. The van der Waals surface area contributed by atoms with Gasteiger partial charge in [-0.25, -0.2) is 4.98 Å². The molecule has 0 aliphatic heterocycles. The number of anilines is 2. The second kappa shape index (κ2) is 13.3. The van der Waals surface area contributed by atoms with Crippen LogP contribution >= 0.6 is 35.6 Å². The molecule has 0 bridgehead atoms. The van der Waals surface area contributed by atoms with Crippen LogP contribution in [0.25, 0.3) is 11.0 Å². The SMILES string of the molecule is Cl.N[C@H]1CC[C@H](Nc2ncc3cc(C(=O)Nc4cc(C(=O)NCc5cccc(Cl)c5)ccc4Cl)c(=O)[nH]c3n2)CC1. The highest BCUT2D eigenvalue weighted by molar-refractivity contribution is 6.34. The van der Waals surface area contributed by atoms with Gasteiger partial charge >= 0.3 is 0 Å². The van der Waals surface area contributed by atoms with Crippen molar-refractivity contribution in [1.82, 2.24) is 20.3 Å². The number of pyridine rings is 1. The van der Waals surface area contributed by atoms with Crippen LogP contribution in [0.3, 0.4) is 0 Å². The summed E-state index contributed by atoms with van der Waals surface area (Å²) in [6, 6.07) is 13.5. The second-order valence-corrected chi connectivity index (χ2v) is 10.6. The van der Waals surface area contributed by atoms with Crippen molar-refractivity contribution in [1.29, 1.82) is 0 Å². The molecule has 0 saturated heterocycles. The number of halogens is 3. The van der Waals surface area contributed by atoms with Crippen molar-refractivity contribution < 1.29 is 9.59 Å². The average Bonchev–Trinajstić information content (AvgIpc) is 2.93. The van der Waals surface area contributed by atoms with Gasteiger partial charge in [0.25, 0.3) is 17.4 Å². The summed E-state index contributed by atoms with van der Waals surface area (Å²) in [6.07, 6.45) is 5.25. The monoisotopic (exact) mass is 615 g/mol. The quantitative estimate of drug-likeness (QED) is 0.198. The number of nitrogens with zero attached hydrogens (tertiary/aromatic N) is 2. The number of aromatic amines is 1. The summed E-state index contributed by atoms with van der Waals surface area (Å²) >= 11 is 12.3. The molecule has 2 aromatic carbocycles. The number of amides is 2. The fourth-order valence-corrected chi connectivity index (χ4v) is 4.94. The van der Waals surface area contributed by atoms with E-state index in [1.165, 1.54) is 18.2 Å². The Balaban J connectivity index is 0.00000387. The van der Waals surface area contributed by atoms with E-state index in [1.807, 2.05) is 6.07 Å². The van der Waals surface area contributed by atoms with Crippen LogP contribution in [0.2, 0.25) is 10.0 Å². The van der Waals surface area contributed by atoms with E-state index < -0.39 is 11.5 Å². The van der Waals surface area contributed by atoms with Crippen LogP contribution in [0.15, 0.2) is 59.5 Å². The van der Waals surface area contributed by atoms with Crippen LogP contribution in [-0.4, -0.2) is 38.8 Å². The second-order valence-electron chi connectivity index (χ2n) is 9.73. The first-order valence-corrected chi connectivity index (χ1v) is 13.6. The number of hydrogen-bond acceptors (Lipinski definition) is 7. The molecule has 0 radical (unpaired) electrons. The van der Waals surface area contributed by atoms with Gasteiger partial charge in [-0.2, -0.15) is 4.98 Å². The van der Waals surface area contributed by atoms with Gasteiger partial charge in [-0.1, -0.05) is 35.3 Å². The molecule has 13 heteroatoms. The van der Waals surface area contributed by atoms with Crippen molar-refractivity contribution in [2.24, 2.45) is 5.73 Å². The predicted molar refractivity (Wildman–Crippen MR) is 163 cm³/mol. The van der Waals surface area contributed by atoms with E-state index in [0.717, 1.165) is 31.2 Å². The third kappa shape index (κ3) is 7.53. The lowest BCUT2D eigenvalue weighted by molar-refractivity contribution is 0.0949. The van der Waals surface area contributed by atoms with Gasteiger partial charge in [0.2, 0.25) is 5.95 Å². The summed E-state index contributed by atoms with van der Waals surface area (Å²) in [6.45, 7) is 0.268. The minimum Gasteiger partial charge on any atom is -0.351 e. The Morgan fingerprint density at radius 1 is 1.02 bits per heavy atom. The molecular weight excluding hydrogens is 589 g/mol. The zero-order chi connectivity index (χ0) is 28.2. The number of hydrogen-bond donors (Lipinski definition) is 5. The van der Waals surface area contributed by atoms with Crippen LogP contribution in [0, 0.1) is 0 Å². The maximum absolute atomic E-state index is 13.0. The summed E-state index contributed by atoms with van der Waals surface area (Å²) in [5.41, 5.74) is 6.82. The lowest BCUT2D eigenvalue weighted by atomic mass is 9.92. The van der Waals surface area contributed by atoms with Gasteiger partial charge in [0.1, 0.15) is 11.2 Å². The van der Waals surface area contributed by atoms with Gasteiger partial charge in [-0.3, -0.25) is 14.4 Å².